The Labute approximate surface area is 74.3 Å². The number of rotatable bonds is 4. The van der Waals surface area contributed by atoms with Crippen molar-refractivity contribution in [1.82, 2.24) is 10.2 Å². The minimum Gasteiger partial charge on any atom is -0.330 e. The molecule has 0 aromatic rings. The van der Waals surface area contributed by atoms with Crippen LogP contribution in [0.5, 0.6) is 0 Å². The molecular formula is C8H20N4. The molecule has 0 radical (unpaired) electrons. The van der Waals surface area contributed by atoms with Crippen molar-refractivity contribution in [2.75, 3.05) is 39.3 Å². The van der Waals surface area contributed by atoms with E-state index in [2.05, 4.69) is 10.2 Å². The van der Waals surface area contributed by atoms with Gasteiger partial charge in [0.25, 0.3) is 0 Å². The molecule has 1 atom stereocenters. The van der Waals surface area contributed by atoms with Gasteiger partial charge in [0.15, 0.2) is 0 Å². The Balaban J connectivity index is 2.31. The number of hydrogen-bond acceptors (Lipinski definition) is 4. The maximum absolute atomic E-state index is 5.53. The summed E-state index contributed by atoms with van der Waals surface area (Å²) in [5.74, 6) is 0. The molecule has 72 valence electrons. The zero-order valence-corrected chi connectivity index (χ0v) is 7.63. The van der Waals surface area contributed by atoms with Crippen LogP contribution in [0.4, 0.5) is 0 Å². The molecule has 0 aromatic carbocycles. The van der Waals surface area contributed by atoms with Crippen LogP contribution in [0.3, 0.4) is 0 Å². The van der Waals surface area contributed by atoms with Crippen molar-refractivity contribution in [2.45, 2.75) is 12.5 Å². The zero-order valence-electron chi connectivity index (χ0n) is 7.63. The highest BCUT2D eigenvalue weighted by Crippen LogP contribution is 2.04. The van der Waals surface area contributed by atoms with Gasteiger partial charge in [-0.15, -0.1) is 0 Å². The molecule has 1 saturated heterocycles. The smallest absolute Gasteiger partial charge is 0.0233 e. The minimum absolute atomic E-state index is 0.604. The number of hydrogen-bond donors (Lipinski definition) is 3. The molecule has 1 aliphatic rings. The SMILES string of the molecule is NCCC1CNCCN1CCN. The highest BCUT2D eigenvalue weighted by Gasteiger charge is 2.19. The van der Waals surface area contributed by atoms with E-state index < -0.39 is 0 Å². The molecule has 5 N–H and O–H groups in total. The van der Waals surface area contributed by atoms with Gasteiger partial charge in [-0.3, -0.25) is 4.90 Å². The standard InChI is InChI=1S/C8H20N4/c9-2-1-8-7-11-4-6-12(8)5-3-10/h8,11H,1-7,9-10H2. The first-order chi connectivity index (χ1) is 5.88. The lowest BCUT2D eigenvalue weighted by atomic mass is 10.1. The summed E-state index contributed by atoms with van der Waals surface area (Å²) in [6, 6.07) is 0.604. The minimum atomic E-state index is 0.604. The lowest BCUT2D eigenvalue weighted by Gasteiger charge is -2.35. The monoisotopic (exact) mass is 172 g/mol. The van der Waals surface area contributed by atoms with Crippen molar-refractivity contribution < 1.29 is 0 Å². The molecule has 0 bridgehead atoms. The average molecular weight is 172 g/mol. The molecule has 0 spiro atoms. The summed E-state index contributed by atoms with van der Waals surface area (Å²) in [4.78, 5) is 2.43. The van der Waals surface area contributed by atoms with E-state index in [1.54, 1.807) is 0 Å². The van der Waals surface area contributed by atoms with E-state index in [1.807, 2.05) is 0 Å². The average Bonchev–Trinajstić information content (AvgIpc) is 2.09. The third-order valence-electron chi connectivity index (χ3n) is 2.39. The Kier molecular flexibility index (Phi) is 4.53. The Morgan fingerprint density at radius 1 is 1.33 bits per heavy atom. The Bertz CT molecular complexity index is 99.6. The molecule has 1 heterocycles. The van der Waals surface area contributed by atoms with Gasteiger partial charge in [-0.05, 0) is 13.0 Å². The molecule has 1 fully saturated rings. The lowest BCUT2D eigenvalue weighted by Crippen LogP contribution is -2.53. The third kappa shape index (κ3) is 2.71. The summed E-state index contributed by atoms with van der Waals surface area (Å²) in [6.07, 6.45) is 1.08. The van der Waals surface area contributed by atoms with Crippen LogP contribution in [-0.4, -0.2) is 50.2 Å². The summed E-state index contributed by atoms with van der Waals surface area (Å²) in [6.45, 7) is 5.79. The zero-order chi connectivity index (χ0) is 8.81. The van der Waals surface area contributed by atoms with Crippen LogP contribution in [0.15, 0.2) is 0 Å². The highest BCUT2D eigenvalue weighted by molar-refractivity contribution is 4.79. The van der Waals surface area contributed by atoms with Crippen LogP contribution in [0.2, 0.25) is 0 Å². The van der Waals surface area contributed by atoms with Gasteiger partial charge in [0.05, 0.1) is 0 Å². The van der Waals surface area contributed by atoms with Crippen LogP contribution in [0.25, 0.3) is 0 Å². The first-order valence-electron chi connectivity index (χ1n) is 4.73. The maximum Gasteiger partial charge on any atom is 0.0233 e. The van der Waals surface area contributed by atoms with E-state index in [9.17, 15) is 0 Å². The Morgan fingerprint density at radius 2 is 2.17 bits per heavy atom. The van der Waals surface area contributed by atoms with E-state index in [1.165, 1.54) is 0 Å². The van der Waals surface area contributed by atoms with Crippen LogP contribution >= 0.6 is 0 Å². The first kappa shape index (κ1) is 9.92. The van der Waals surface area contributed by atoms with Crippen molar-refractivity contribution >= 4 is 0 Å². The molecule has 4 heteroatoms. The summed E-state index contributed by atoms with van der Waals surface area (Å²) in [5.41, 5.74) is 11.1. The van der Waals surface area contributed by atoms with Crippen LogP contribution in [0.1, 0.15) is 6.42 Å². The molecule has 1 aliphatic heterocycles. The van der Waals surface area contributed by atoms with Gasteiger partial charge in [0.1, 0.15) is 0 Å². The molecule has 0 aliphatic carbocycles. The second-order valence-corrected chi connectivity index (χ2v) is 3.26. The molecule has 0 amide bonds. The topological polar surface area (TPSA) is 67.3 Å². The molecule has 0 aromatic heterocycles. The maximum atomic E-state index is 5.53. The molecule has 1 unspecified atom stereocenters. The second kappa shape index (κ2) is 5.48. The molecule has 0 saturated carbocycles. The third-order valence-corrected chi connectivity index (χ3v) is 2.39. The summed E-state index contributed by atoms with van der Waals surface area (Å²) in [7, 11) is 0. The van der Waals surface area contributed by atoms with Gasteiger partial charge in [-0.1, -0.05) is 0 Å². The fraction of sp³-hybridized carbons (Fsp3) is 1.00. The number of nitrogens with two attached hydrogens (primary N) is 2. The van der Waals surface area contributed by atoms with Crippen LogP contribution in [-0.2, 0) is 0 Å². The van der Waals surface area contributed by atoms with Gasteiger partial charge in [0, 0.05) is 38.8 Å². The largest absolute Gasteiger partial charge is 0.330 e. The van der Waals surface area contributed by atoms with Crippen LogP contribution in [0, 0.1) is 0 Å². The number of nitrogens with zero attached hydrogens (tertiary/aromatic N) is 1. The molecule has 1 rings (SSSR count). The summed E-state index contributed by atoms with van der Waals surface area (Å²) < 4.78 is 0. The summed E-state index contributed by atoms with van der Waals surface area (Å²) in [5, 5.41) is 3.37. The second-order valence-electron chi connectivity index (χ2n) is 3.26. The van der Waals surface area contributed by atoms with E-state index in [4.69, 9.17) is 11.5 Å². The van der Waals surface area contributed by atoms with Gasteiger partial charge in [-0.2, -0.15) is 0 Å². The first-order valence-corrected chi connectivity index (χ1v) is 4.73. The quantitative estimate of drug-likeness (QED) is 0.486. The summed E-state index contributed by atoms with van der Waals surface area (Å²) >= 11 is 0. The van der Waals surface area contributed by atoms with Gasteiger partial charge in [0.2, 0.25) is 0 Å². The number of piperazine rings is 1. The van der Waals surface area contributed by atoms with E-state index in [0.29, 0.717) is 6.04 Å². The van der Waals surface area contributed by atoms with Crippen molar-refractivity contribution in [3.63, 3.8) is 0 Å². The molecule has 4 nitrogen and oxygen atoms in total. The van der Waals surface area contributed by atoms with Crippen molar-refractivity contribution in [1.29, 1.82) is 0 Å². The predicted octanol–water partition coefficient (Wildman–Crippen LogP) is -1.43. The fourth-order valence-corrected chi connectivity index (χ4v) is 1.74. The Morgan fingerprint density at radius 3 is 2.83 bits per heavy atom. The fourth-order valence-electron chi connectivity index (χ4n) is 1.74. The van der Waals surface area contributed by atoms with Gasteiger partial charge in [-0.25, -0.2) is 0 Å². The van der Waals surface area contributed by atoms with E-state index in [-0.39, 0.29) is 0 Å². The number of nitrogens with one attached hydrogen (secondary N) is 1. The van der Waals surface area contributed by atoms with Crippen molar-refractivity contribution in [3.8, 4) is 0 Å². The van der Waals surface area contributed by atoms with Crippen LogP contribution < -0.4 is 16.8 Å². The van der Waals surface area contributed by atoms with Crippen molar-refractivity contribution in [2.24, 2.45) is 11.5 Å². The van der Waals surface area contributed by atoms with E-state index in [0.717, 1.165) is 45.7 Å². The predicted molar refractivity (Wildman–Crippen MR) is 51.0 cm³/mol. The lowest BCUT2D eigenvalue weighted by molar-refractivity contribution is 0.159. The van der Waals surface area contributed by atoms with E-state index >= 15 is 0 Å². The van der Waals surface area contributed by atoms with Gasteiger partial charge < -0.3 is 16.8 Å². The molecule has 12 heavy (non-hydrogen) atoms. The highest BCUT2D eigenvalue weighted by atomic mass is 15.2. The normalized spacial score (nSPS) is 26.0. The van der Waals surface area contributed by atoms with Crippen molar-refractivity contribution in [3.05, 3.63) is 0 Å². The Hall–Kier alpha value is -0.160. The molecular weight excluding hydrogens is 152 g/mol. The van der Waals surface area contributed by atoms with Gasteiger partial charge >= 0.3 is 0 Å².